The number of halogens is 3. The van der Waals surface area contributed by atoms with E-state index in [-0.39, 0.29) is 41.1 Å². The van der Waals surface area contributed by atoms with Crippen molar-refractivity contribution in [3.63, 3.8) is 0 Å². The Labute approximate surface area is 280 Å². The van der Waals surface area contributed by atoms with E-state index in [0.717, 1.165) is 0 Å². The van der Waals surface area contributed by atoms with Crippen LogP contribution in [0.1, 0.15) is 63.2 Å². The molecule has 0 saturated carbocycles. The summed E-state index contributed by atoms with van der Waals surface area (Å²) in [6.45, 7) is 5.28. The molecular formula is C33H46F3N3O8S. The summed E-state index contributed by atoms with van der Waals surface area (Å²) in [4.78, 5) is 29.4. The van der Waals surface area contributed by atoms with Crippen molar-refractivity contribution in [1.82, 2.24) is 9.80 Å². The summed E-state index contributed by atoms with van der Waals surface area (Å²) in [5.74, 6) is -0.923. The van der Waals surface area contributed by atoms with Crippen molar-refractivity contribution < 1.29 is 50.5 Å². The molecule has 48 heavy (non-hydrogen) atoms. The summed E-state index contributed by atoms with van der Waals surface area (Å²) in [5.41, 5.74) is 0.179. The number of benzene rings is 2. The van der Waals surface area contributed by atoms with Crippen LogP contribution in [-0.4, -0.2) is 100 Å². The first kappa shape index (κ1) is 38.9. The Bertz CT molecular complexity index is 1470. The van der Waals surface area contributed by atoms with Gasteiger partial charge in [-0.15, -0.1) is 0 Å². The zero-order valence-corrected chi connectivity index (χ0v) is 28.8. The van der Waals surface area contributed by atoms with Crippen molar-refractivity contribution in [3.05, 3.63) is 48.0 Å². The van der Waals surface area contributed by atoms with Crippen LogP contribution in [0.4, 0.5) is 18.9 Å². The van der Waals surface area contributed by atoms with Gasteiger partial charge in [0, 0.05) is 44.8 Å². The number of amides is 2. The molecule has 2 amide bonds. The molecule has 2 aromatic carbocycles. The van der Waals surface area contributed by atoms with Crippen molar-refractivity contribution in [1.29, 1.82) is 0 Å². The largest absolute Gasteiger partial charge is 0.497 e. The SMILES string of the molecule is COc1ccc(S(=O)(=O)Nc2ccc3c(c2)C(=O)N([C@H](C)CO)C[C@@H](C)[C@H](CN(C)C(=O)CCC(F)(F)F)OCCCC[C@@H](C)O3)cc1. The standard InChI is InChI=1S/C33H46F3N3O8S/c1-22-19-39(23(2)21-40)32(42)28-18-25(37-48(43,44)27-12-10-26(45-5)11-13-27)9-14-29(28)47-24(3)8-6-7-17-46-30(22)20-38(4)31(41)15-16-33(34,35)36/h9-14,18,22-24,30,37,40H,6-8,15-17,19-21H2,1-5H3/t22-,23-,24-,30+/m1/s1. The monoisotopic (exact) mass is 701 g/mol. The fourth-order valence-electron chi connectivity index (χ4n) is 5.23. The number of methoxy groups -OCH3 is 1. The third kappa shape index (κ3) is 11.3. The molecule has 1 heterocycles. The predicted octanol–water partition coefficient (Wildman–Crippen LogP) is 5.09. The fraction of sp³-hybridized carbons (Fsp3) is 0.576. The molecule has 268 valence electrons. The quantitative estimate of drug-likeness (QED) is 0.350. The van der Waals surface area contributed by atoms with Crippen molar-refractivity contribution in [2.45, 2.75) is 82.2 Å². The maximum Gasteiger partial charge on any atom is 0.389 e. The Balaban J connectivity index is 1.95. The lowest BCUT2D eigenvalue weighted by Gasteiger charge is -2.36. The van der Waals surface area contributed by atoms with Crippen molar-refractivity contribution in [2.24, 2.45) is 5.92 Å². The van der Waals surface area contributed by atoms with Crippen molar-refractivity contribution in [2.75, 3.05) is 45.2 Å². The lowest BCUT2D eigenvalue weighted by atomic mass is 10.0. The first-order valence-electron chi connectivity index (χ1n) is 15.9. The highest BCUT2D eigenvalue weighted by Gasteiger charge is 2.32. The summed E-state index contributed by atoms with van der Waals surface area (Å²) >= 11 is 0. The van der Waals surface area contributed by atoms with E-state index in [0.29, 0.717) is 31.6 Å². The molecule has 2 N–H and O–H groups in total. The van der Waals surface area contributed by atoms with Gasteiger partial charge in [-0.2, -0.15) is 13.2 Å². The molecule has 1 aliphatic rings. The second-order valence-electron chi connectivity index (χ2n) is 12.2. The van der Waals surface area contributed by atoms with Crippen LogP contribution < -0.4 is 14.2 Å². The topological polar surface area (TPSA) is 135 Å². The van der Waals surface area contributed by atoms with Gasteiger partial charge >= 0.3 is 6.18 Å². The molecule has 3 rings (SSSR count). The average molecular weight is 702 g/mol. The van der Waals surface area contributed by atoms with Crippen molar-refractivity contribution in [3.8, 4) is 11.5 Å². The van der Waals surface area contributed by atoms with Gasteiger partial charge in [0.1, 0.15) is 11.5 Å². The molecule has 0 spiro atoms. The van der Waals surface area contributed by atoms with Crippen LogP contribution in [0.3, 0.4) is 0 Å². The number of alkyl halides is 3. The van der Waals surface area contributed by atoms with Gasteiger partial charge in [0.15, 0.2) is 0 Å². The number of hydrogen-bond acceptors (Lipinski definition) is 8. The molecule has 1 aliphatic heterocycles. The zero-order chi connectivity index (χ0) is 35.6. The number of nitrogens with zero attached hydrogens (tertiary/aromatic N) is 2. The minimum Gasteiger partial charge on any atom is -0.497 e. The molecule has 0 aliphatic carbocycles. The van der Waals surface area contributed by atoms with Gasteiger partial charge in [-0.3, -0.25) is 14.3 Å². The maximum atomic E-state index is 14.3. The maximum absolute atomic E-state index is 14.3. The zero-order valence-electron chi connectivity index (χ0n) is 28.0. The van der Waals surface area contributed by atoms with E-state index >= 15 is 0 Å². The lowest BCUT2D eigenvalue weighted by molar-refractivity contribution is -0.149. The van der Waals surface area contributed by atoms with Crippen LogP contribution in [-0.2, 0) is 19.6 Å². The van der Waals surface area contributed by atoms with Crippen LogP contribution in [0.5, 0.6) is 11.5 Å². The summed E-state index contributed by atoms with van der Waals surface area (Å²) in [7, 11) is -1.16. The molecular weight excluding hydrogens is 655 g/mol. The van der Waals surface area contributed by atoms with Crippen LogP contribution >= 0.6 is 0 Å². The second-order valence-corrected chi connectivity index (χ2v) is 13.9. The molecule has 0 unspecified atom stereocenters. The number of rotatable bonds is 10. The molecule has 0 aromatic heterocycles. The number of hydrogen-bond donors (Lipinski definition) is 2. The Kier molecular flexibility index (Phi) is 13.9. The van der Waals surface area contributed by atoms with Gasteiger partial charge in [-0.25, -0.2) is 8.42 Å². The number of carbonyl (C=O) groups excluding carboxylic acids is 2. The number of likely N-dealkylation sites (N-methyl/N-ethyl adjacent to an activating group) is 1. The first-order valence-corrected chi connectivity index (χ1v) is 17.3. The van der Waals surface area contributed by atoms with Gasteiger partial charge in [-0.05, 0) is 75.6 Å². The van der Waals surface area contributed by atoms with Crippen LogP contribution in [0.2, 0.25) is 0 Å². The highest BCUT2D eigenvalue weighted by atomic mass is 32.2. The minimum absolute atomic E-state index is 0.000776. The Morgan fingerprint density at radius 3 is 2.48 bits per heavy atom. The lowest BCUT2D eigenvalue weighted by Crippen LogP contribution is -2.48. The highest BCUT2D eigenvalue weighted by molar-refractivity contribution is 7.92. The van der Waals surface area contributed by atoms with E-state index in [2.05, 4.69) is 4.72 Å². The Morgan fingerprint density at radius 2 is 1.85 bits per heavy atom. The normalized spacial score (nSPS) is 20.6. The summed E-state index contributed by atoms with van der Waals surface area (Å²) in [5, 5.41) is 10.1. The minimum atomic E-state index is -4.46. The third-order valence-corrected chi connectivity index (χ3v) is 9.57. The number of aliphatic hydroxyl groups is 1. The molecule has 4 atom stereocenters. The van der Waals surface area contributed by atoms with Gasteiger partial charge in [0.2, 0.25) is 5.91 Å². The van der Waals surface area contributed by atoms with Crippen LogP contribution in [0.15, 0.2) is 47.4 Å². The molecule has 0 radical (unpaired) electrons. The number of carbonyl (C=O) groups is 2. The van der Waals surface area contributed by atoms with E-state index < -0.39 is 65.5 Å². The van der Waals surface area contributed by atoms with Gasteiger partial charge < -0.3 is 29.1 Å². The van der Waals surface area contributed by atoms with Gasteiger partial charge in [0.25, 0.3) is 15.9 Å². The molecule has 11 nitrogen and oxygen atoms in total. The third-order valence-electron chi connectivity index (χ3n) is 8.18. The highest BCUT2D eigenvalue weighted by Crippen LogP contribution is 2.30. The molecule has 0 fully saturated rings. The number of anilines is 1. The van der Waals surface area contributed by atoms with E-state index in [1.54, 1.807) is 13.8 Å². The summed E-state index contributed by atoms with van der Waals surface area (Å²) < 4.78 is 84.6. The summed E-state index contributed by atoms with van der Waals surface area (Å²) in [6.07, 6.45) is -5.37. The number of aliphatic hydroxyl groups excluding tert-OH is 1. The smallest absolute Gasteiger partial charge is 0.389 e. The Morgan fingerprint density at radius 1 is 1.17 bits per heavy atom. The van der Waals surface area contributed by atoms with E-state index in [1.807, 2.05) is 6.92 Å². The first-order chi connectivity index (χ1) is 22.5. The van der Waals surface area contributed by atoms with E-state index in [9.17, 15) is 36.3 Å². The molecule has 0 bridgehead atoms. The van der Waals surface area contributed by atoms with Crippen LogP contribution in [0.25, 0.3) is 0 Å². The summed E-state index contributed by atoms with van der Waals surface area (Å²) in [6, 6.07) is 9.54. The average Bonchev–Trinajstić information content (AvgIpc) is 3.04. The fourth-order valence-corrected chi connectivity index (χ4v) is 6.28. The molecule has 0 saturated heterocycles. The van der Waals surface area contributed by atoms with Crippen molar-refractivity contribution >= 4 is 27.5 Å². The number of ether oxygens (including phenoxy) is 3. The number of nitrogens with one attached hydrogen (secondary N) is 1. The van der Waals surface area contributed by atoms with E-state index in [1.165, 1.54) is 66.4 Å². The number of sulfonamides is 1. The van der Waals surface area contributed by atoms with Gasteiger partial charge in [-0.1, -0.05) is 6.92 Å². The molecule has 15 heteroatoms. The molecule has 2 aromatic rings. The van der Waals surface area contributed by atoms with Crippen LogP contribution in [0, 0.1) is 5.92 Å². The van der Waals surface area contributed by atoms with E-state index in [4.69, 9.17) is 14.2 Å². The second kappa shape index (κ2) is 17.2. The predicted molar refractivity (Wildman–Crippen MR) is 174 cm³/mol. The van der Waals surface area contributed by atoms with Gasteiger partial charge in [0.05, 0.1) is 48.8 Å². The Hall–Kier alpha value is -3.56. The number of fused-ring (bicyclic) bond motifs is 1.